The Morgan fingerprint density at radius 2 is 2.05 bits per heavy atom. The van der Waals surface area contributed by atoms with Crippen molar-refractivity contribution in [2.24, 2.45) is 0 Å². The summed E-state index contributed by atoms with van der Waals surface area (Å²) >= 11 is 0. The lowest BCUT2D eigenvalue weighted by atomic mass is 10.1. The van der Waals surface area contributed by atoms with Gasteiger partial charge in [-0.25, -0.2) is 4.39 Å². The molecule has 104 valence electrons. The highest BCUT2D eigenvalue weighted by atomic mass is 19.1. The average Bonchev–Trinajstić information content (AvgIpc) is 2.39. The minimum Gasteiger partial charge on any atom is -0.508 e. The summed E-state index contributed by atoms with van der Waals surface area (Å²) in [6, 6.07) is 3.54. The third-order valence-electron chi connectivity index (χ3n) is 3.36. The first kappa shape index (κ1) is 13.8. The Hall–Kier alpha value is -1.62. The van der Waals surface area contributed by atoms with E-state index in [1.54, 1.807) is 0 Å². The summed E-state index contributed by atoms with van der Waals surface area (Å²) in [5.74, 6) is -1.31. The molecule has 0 spiro atoms. The van der Waals surface area contributed by atoms with Crippen molar-refractivity contribution in [2.75, 3.05) is 26.2 Å². The quantitative estimate of drug-likeness (QED) is 0.873. The van der Waals surface area contributed by atoms with E-state index in [1.807, 2.05) is 0 Å². The molecule has 0 bridgehead atoms. The molecule has 0 saturated carbocycles. The molecule has 1 heterocycles. The van der Waals surface area contributed by atoms with E-state index in [1.165, 1.54) is 31.4 Å². The number of nitrogens with one attached hydrogen (secondary N) is 1. The molecule has 1 saturated heterocycles. The second-order valence-corrected chi connectivity index (χ2v) is 4.82. The van der Waals surface area contributed by atoms with Crippen LogP contribution in [0.3, 0.4) is 0 Å². The molecule has 1 amide bonds. The number of hydrogen-bond donors (Lipinski definition) is 2. The van der Waals surface area contributed by atoms with Gasteiger partial charge in [0.05, 0.1) is 5.56 Å². The first-order chi connectivity index (χ1) is 9.16. The van der Waals surface area contributed by atoms with Crippen molar-refractivity contribution in [1.82, 2.24) is 10.2 Å². The maximum absolute atomic E-state index is 13.5. The first-order valence-electron chi connectivity index (χ1n) is 6.66. The minimum atomic E-state index is -0.699. The Labute approximate surface area is 112 Å². The van der Waals surface area contributed by atoms with E-state index < -0.39 is 11.7 Å². The summed E-state index contributed by atoms with van der Waals surface area (Å²) in [5.41, 5.74) is -0.0311. The molecule has 1 fully saturated rings. The fourth-order valence-corrected chi connectivity index (χ4v) is 2.29. The number of halogens is 1. The summed E-state index contributed by atoms with van der Waals surface area (Å²) in [6.07, 6.45) is 3.70. The van der Waals surface area contributed by atoms with Crippen LogP contribution in [0.2, 0.25) is 0 Å². The van der Waals surface area contributed by atoms with Crippen LogP contribution >= 0.6 is 0 Å². The van der Waals surface area contributed by atoms with Gasteiger partial charge in [0.25, 0.3) is 5.91 Å². The SMILES string of the molecule is O=C(NCCN1CCCCC1)c1ccc(O)cc1F. The molecular formula is C14H19FN2O2. The molecule has 4 nitrogen and oxygen atoms in total. The number of phenols is 1. The van der Waals surface area contributed by atoms with E-state index in [0.29, 0.717) is 6.54 Å². The predicted octanol–water partition coefficient (Wildman–Crippen LogP) is 1.75. The maximum atomic E-state index is 13.5. The largest absolute Gasteiger partial charge is 0.508 e. The normalized spacial score (nSPS) is 16.3. The summed E-state index contributed by atoms with van der Waals surface area (Å²) < 4.78 is 13.5. The number of benzene rings is 1. The zero-order valence-electron chi connectivity index (χ0n) is 10.9. The number of amides is 1. The fourth-order valence-electron chi connectivity index (χ4n) is 2.29. The number of carbonyl (C=O) groups excluding carboxylic acids is 1. The lowest BCUT2D eigenvalue weighted by Gasteiger charge is -2.26. The first-order valence-corrected chi connectivity index (χ1v) is 6.66. The van der Waals surface area contributed by atoms with Gasteiger partial charge in [0, 0.05) is 19.2 Å². The van der Waals surface area contributed by atoms with Crippen molar-refractivity contribution in [1.29, 1.82) is 0 Å². The van der Waals surface area contributed by atoms with Crippen molar-refractivity contribution in [3.63, 3.8) is 0 Å². The number of carbonyl (C=O) groups is 1. The number of nitrogens with zero attached hydrogens (tertiary/aromatic N) is 1. The van der Waals surface area contributed by atoms with Crippen LogP contribution < -0.4 is 5.32 Å². The van der Waals surface area contributed by atoms with E-state index in [4.69, 9.17) is 5.11 Å². The molecule has 5 heteroatoms. The van der Waals surface area contributed by atoms with E-state index in [-0.39, 0.29) is 11.3 Å². The van der Waals surface area contributed by atoms with Crippen LogP contribution in [0.15, 0.2) is 18.2 Å². The lowest BCUT2D eigenvalue weighted by molar-refractivity contribution is 0.0942. The molecule has 0 aromatic heterocycles. The zero-order valence-corrected chi connectivity index (χ0v) is 10.9. The maximum Gasteiger partial charge on any atom is 0.254 e. The zero-order chi connectivity index (χ0) is 13.7. The Bertz CT molecular complexity index is 445. The Morgan fingerprint density at radius 1 is 1.32 bits per heavy atom. The van der Waals surface area contributed by atoms with Gasteiger partial charge < -0.3 is 15.3 Å². The van der Waals surface area contributed by atoms with Gasteiger partial charge in [0.2, 0.25) is 0 Å². The van der Waals surface area contributed by atoms with E-state index >= 15 is 0 Å². The van der Waals surface area contributed by atoms with E-state index in [0.717, 1.165) is 25.7 Å². The van der Waals surface area contributed by atoms with Gasteiger partial charge in [-0.2, -0.15) is 0 Å². The third-order valence-corrected chi connectivity index (χ3v) is 3.36. The number of aromatic hydroxyl groups is 1. The molecule has 2 rings (SSSR count). The van der Waals surface area contributed by atoms with Crippen LogP contribution in [-0.2, 0) is 0 Å². The predicted molar refractivity (Wildman–Crippen MR) is 70.7 cm³/mol. The number of phenolic OH excluding ortho intramolecular Hbond substituents is 1. The number of piperidine rings is 1. The summed E-state index contributed by atoms with van der Waals surface area (Å²) in [4.78, 5) is 14.1. The Morgan fingerprint density at radius 3 is 2.74 bits per heavy atom. The second-order valence-electron chi connectivity index (χ2n) is 4.82. The average molecular weight is 266 g/mol. The Kier molecular flexibility index (Phi) is 4.74. The third kappa shape index (κ3) is 3.92. The van der Waals surface area contributed by atoms with Crippen molar-refractivity contribution >= 4 is 5.91 Å². The number of likely N-dealkylation sites (tertiary alicyclic amines) is 1. The van der Waals surface area contributed by atoms with E-state index in [9.17, 15) is 9.18 Å². The van der Waals surface area contributed by atoms with Gasteiger partial charge in [-0.05, 0) is 38.1 Å². The van der Waals surface area contributed by atoms with Gasteiger partial charge >= 0.3 is 0 Å². The van der Waals surface area contributed by atoms with Crippen molar-refractivity contribution in [3.8, 4) is 5.75 Å². The van der Waals surface area contributed by atoms with Crippen LogP contribution in [0.4, 0.5) is 4.39 Å². The highest BCUT2D eigenvalue weighted by molar-refractivity contribution is 5.94. The standard InChI is InChI=1S/C14H19FN2O2/c15-13-10-11(18)4-5-12(13)14(19)16-6-9-17-7-2-1-3-8-17/h4-5,10,18H,1-3,6-9H2,(H,16,19). The highest BCUT2D eigenvalue weighted by Crippen LogP contribution is 2.14. The smallest absolute Gasteiger partial charge is 0.254 e. The molecule has 0 radical (unpaired) electrons. The molecular weight excluding hydrogens is 247 g/mol. The van der Waals surface area contributed by atoms with Gasteiger partial charge in [0.15, 0.2) is 0 Å². The van der Waals surface area contributed by atoms with Crippen LogP contribution in [0, 0.1) is 5.82 Å². The van der Waals surface area contributed by atoms with Crippen molar-refractivity contribution < 1.29 is 14.3 Å². The molecule has 0 unspecified atom stereocenters. The molecule has 0 aliphatic carbocycles. The monoisotopic (exact) mass is 266 g/mol. The van der Waals surface area contributed by atoms with Crippen molar-refractivity contribution in [3.05, 3.63) is 29.6 Å². The van der Waals surface area contributed by atoms with E-state index in [2.05, 4.69) is 10.2 Å². The summed E-state index contributed by atoms with van der Waals surface area (Å²) in [5, 5.41) is 11.8. The Balaban J connectivity index is 1.80. The number of rotatable bonds is 4. The van der Waals surface area contributed by atoms with Crippen LogP contribution in [0.1, 0.15) is 29.6 Å². The summed E-state index contributed by atoms with van der Waals surface area (Å²) in [6.45, 7) is 3.46. The molecule has 1 aromatic rings. The highest BCUT2D eigenvalue weighted by Gasteiger charge is 2.13. The topological polar surface area (TPSA) is 52.6 Å². The van der Waals surface area contributed by atoms with Gasteiger partial charge in [-0.15, -0.1) is 0 Å². The lowest BCUT2D eigenvalue weighted by Crippen LogP contribution is -2.37. The van der Waals surface area contributed by atoms with Gasteiger partial charge in [0.1, 0.15) is 11.6 Å². The molecule has 19 heavy (non-hydrogen) atoms. The molecule has 1 aliphatic heterocycles. The molecule has 2 N–H and O–H groups in total. The summed E-state index contributed by atoms with van der Waals surface area (Å²) in [7, 11) is 0. The minimum absolute atomic E-state index is 0.0311. The van der Waals surface area contributed by atoms with Crippen molar-refractivity contribution in [2.45, 2.75) is 19.3 Å². The fraction of sp³-hybridized carbons (Fsp3) is 0.500. The van der Waals surface area contributed by atoms with Crippen LogP contribution in [0.5, 0.6) is 5.75 Å². The van der Waals surface area contributed by atoms with Crippen LogP contribution in [-0.4, -0.2) is 42.1 Å². The van der Waals surface area contributed by atoms with Gasteiger partial charge in [-0.1, -0.05) is 6.42 Å². The van der Waals surface area contributed by atoms with Crippen LogP contribution in [0.25, 0.3) is 0 Å². The molecule has 1 aliphatic rings. The second kappa shape index (κ2) is 6.52. The molecule has 0 atom stereocenters. The van der Waals surface area contributed by atoms with Gasteiger partial charge in [-0.3, -0.25) is 4.79 Å². The number of hydrogen-bond acceptors (Lipinski definition) is 3. The molecule has 1 aromatic carbocycles.